The van der Waals surface area contributed by atoms with Crippen LogP contribution in [0.2, 0.25) is 0 Å². The van der Waals surface area contributed by atoms with Gasteiger partial charge in [-0.25, -0.2) is 4.52 Å². The second-order valence-electron chi connectivity index (χ2n) is 4.28. The van der Waals surface area contributed by atoms with E-state index in [1.807, 2.05) is 6.07 Å². The molecule has 4 nitrogen and oxygen atoms in total. The van der Waals surface area contributed by atoms with Gasteiger partial charge >= 0.3 is 0 Å². The smallest absolute Gasteiger partial charge is 0.149 e. The van der Waals surface area contributed by atoms with Gasteiger partial charge in [-0.15, -0.1) is 0 Å². The summed E-state index contributed by atoms with van der Waals surface area (Å²) in [6.45, 7) is 0. The van der Waals surface area contributed by atoms with E-state index >= 15 is 0 Å². The van der Waals surface area contributed by atoms with Crippen molar-refractivity contribution in [2.75, 3.05) is 5.73 Å². The molecular weight excluding hydrogens is 200 g/mol. The Morgan fingerprint density at radius 2 is 2.31 bits per heavy atom. The Labute approximate surface area is 93.3 Å². The monoisotopic (exact) mass is 212 g/mol. The minimum absolute atomic E-state index is 0.534. The molecule has 4 heteroatoms. The lowest BCUT2D eigenvalue weighted by molar-refractivity contribution is 0.423. The van der Waals surface area contributed by atoms with Crippen molar-refractivity contribution in [3.05, 3.63) is 29.5 Å². The van der Waals surface area contributed by atoms with Crippen LogP contribution in [-0.2, 0) is 0 Å². The van der Waals surface area contributed by atoms with Gasteiger partial charge < -0.3 is 5.73 Å². The number of rotatable bonds is 1. The molecule has 2 aromatic heterocycles. The van der Waals surface area contributed by atoms with Gasteiger partial charge in [0.1, 0.15) is 5.82 Å². The van der Waals surface area contributed by atoms with Gasteiger partial charge in [0, 0.05) is 11.8 Å². The highest BCUT2D eigenvalue weighted by molar-refractivity contribution is 5.67. The fourth-order valence-electron chi connectivity index (χ4n) is 2.27. The third-order valence-corrected chi connectivity index (χ3v) is 3.34. The summed E-state index contributed by atoms with van der Waals surface area (Å²) < 4.78 is 1.77. The van der Waals surface area contributed by atoms with Crippen molar-refractivity contribution in [3.63, 3.8) is 0 Å². The van der Waals surface area contributed by atoms with E-state index in [-0.39, 0.29) is 0 Å². The summed E-state index contributed by atoms with van der Waals surface area (Å²) in [7, 11) is 0. The molecule has 0 unspecified atom stereocenters. The maximum absolute atomic E-state index is 8.89. The molecule has 2 N–H and O–H groups in total. The molecule has 1 aliphatic carbocycles. The molecule has 1 saturated carbocycles. The topological polar surface area (TPSA) is 67.1 Å². The molecule has 2 aromatic rings. The van der Waals surface area contributed by atoms with Crippen molar-refractivity contribution in [1.29, 1.82) is 5.26 Å². The van der Waals surface area contributed by atoms with Gasteiger partial charge in [-0.05, 0) is 30.9 Å². The Hall–Kier alpha value is -2.02. The Morgan fingerprint density at radius 3 is 2.94 bits per heavy atom. The van der Waals surface area contributed by atoms with Gasteiger partial charge in [-0.2, -0.15) is 10.4 Å². The number of hydrogen-bond acceptors (Lipinski definition) is 3. The van der Waals surface area contributed by atoms with Crippen LogP contribution < -0.4 is 5.73 Å². The number of nitrogens with zero attached hydrogens (tertiary/aromatic N) is 3. The van der Waals surface area contributed by atoms with Gasteiger partial charge in [0.2, 0.25) is 0 Å². The molecule has 2 heterocycles. The predicted molar refractivity (Wildman–Crippen MR) is 60.9 cm³/mol. The van der Waals surface area contributed by atoms with Gasteiger partial charge in [0.15, 0.2) is 0 Å². The average molecular weight is 212 g/mol. The van der Waals surface area contributed by atoms with Gasteiger partial charge in [0.05, 0.1) is 17.1 Å². The molecule has 1 aliphatic rings. The molecule has 0 amide bonds. The third kappa shape index (κ3) is 1.18. The minimum Gasteiger partial charge on any atom is -0.382 e. The zero-order chi connectivity index (χ0) is 11.1. The molecule has 0 aliphatic heterocycles. The fourth-order valence-corrected chi connectivity index (χ4v) is 2.27. The van der Waals surface area contributed by atoms with Gasteiger partial charge in [0.25, 0.3) is 0 Å². The lowest BCUT2D eigenvalue weighted by atomic mass is 9.80. The maximum Gasteiger partial charge on any atom is 0.149 e. The van der Waals surface area contributed by atoms with Crippen LogP contribution in [0.3, 0.4) is 0 Å². The van der Waals surface area contributed by atoms with Crippen molar-refractivity contribution in [1.82, 2.24) is 9.61 Å². The molecule has 1 fully saturated rings. The number of pyridine rings is 1. The van der Waals surface area contributed by atoms with Crippen molar-refractivity contribution in [2.24, 2.45) is 0 Å². The lowest BCUT2D eigenvalue weighted by Crippen LogP contribution is -2.10. The van der Waals surface area contributed by atoms with E-state index in [4.69, 9.17) is 11.0 Å². The van der Waals surface area contributed by atoms with E-state index in [1.165, 1.54) is 19.3 Å². The Morgan fingerprint density at radius 1 is 1.50 bits per heavy atom. The summed E-state index contributed by atoms with van der Waals surface area (Å²) in [5.41, 5.74) is 8.72. The van der Waals surface area contributed by atoms with Crippen LogP contribution in [0.4, 0.5) is 5.82 Å². The molecule has 0 spiro atoms. The van der Waals surface area contributed by atoms with Crippen LogP contribution in [0.15, 0.2) is 18.3 Å². The summed E-state index contributed by atoms with van der Waals surface area (Å²) in [6.07, 6.45) is 5.43. The summed E-state index contributed by atoms with van der Waals surface area (Å²) in [4.78, 5) is 0. The Bertz CT molecular complexity index is 587. The Kier molecular flexibility index (Phi) is 1.87. The Balaban J connectivity index is 2.24. The average Bonchev–Trinajstić information content (AvgIpc) is 2.53. The lowest BCUT2D eigenvalue weighted by Gasteiger charge is -2.25. The number of hydrogen-bond donors (Lipinski definition) is 1. The number of aromatic nitrogens is 2. The SMILES string of the molecule is N#Cc1ccn2nc(N)c(C3CCC3)c2c1. The predicted octanol–water partition coefficient (Wildman–Crippen LogP) is 2.06. The van der Waals surface area contributed by atoms with Crippen molar-refractivity contribution < 1.29 is 0 Å². The highest BCUT2D eigenvalue weighted by atomic mass is 15.2. The van der Waals surface area contributed by atoms with E-state index in [9.17, 15) is 0 Å². The van der Waals surface area contributed by atoms with Crippen LogP contribution >= 0.6 is 0 Å². The quantitative estimate of drug-likeness (QED) is 0.786. The van der Waals surface area contributed by atoms with Crippen molar-refractivity contribution in [3.8, 4) is 6.07 Å². The number of nitrogens with two attached hydrogens (primary N) is 1. The van der Waals surface area contributed by atoms with Crippen molar-refractivity contribution in [2.45, 2.75) is 25.2 Å². The van der Waals surface area contributed by atoms with Crippen LogP contribution in [0.1, 0.15) is 36.3 Å². The first kappa shape index (κ1) is 9.22. The molecule has 3 rings (SSSR count). The van der Waals surface area contributed by atoms with Crippen LogP contribution in [0.5, 0.6) is 0 Å². The number of anilines is 1. The van der Waals surface area contributed by atoms with Gasteiger partial charge in [-0.3, -0.25) is 0 Å². The third-order valence-electron chi connectivity index (χ3n) is 3.34. The summed E-state index contributed by atoms with van der Waals surface area (Å²) in [5, 5.41) is 13.2. The van der Waals surface area contributed by atoms with E-state index < -0.39 is 0 Å². The number of nitrogen functional groups attached to an aromatic ring is 1. The van der Waals surface area contributed by atoms with Crippen LogP contribution in [0, 0.1) is 11.3 Å². The first-order valence-corrected chi connectivity index (χ1v) is 5.47. The number of nitriles is 1. The summed E-state index contributed by atoms with van der Waals surface area (Å²) in [6, 6.07) is 5.77. The molecule has 0 radical (unpaired) electrons. The van der Waals surface area contributed by atoms with E-state index in [1.54, 1.807) is 16.8 Å². The summed E-state index contributed by atoms with van der Waals surface area (Å²) in [5.74, 6) is 1.14. The van der Waals surface area contributed by atoms with E-state index in [0.717, 1.165) is 11.1 Å². The standard InChI is InChI=1S/C12H12N4/c13-7-8-4-5-16-10(6-8)11(12(14)15-16)9-2-1-3-9/h4-6,9H,1-3H2,(H2,14,15). The number of fused-ring (bicyclic) bond motifs is 1. The van der Waals surface area contributed by atoms with Crippen molar-refractivity contribution >= 4 is 11.3 Å². The van der Waals surface area contributed by atoms with Crippen LogP contribution in [-0.4, -0.2) is 9.61 Å². The molecule has 0 atom stereocenters. The first-order chi connectivity index (χ1) is 7.79. The second-order valence-corrected chi connectivity index (χ2v) is 4.28. The van der Waals surface area contributed by atoms with Crippen LogP contribution in [0.25, 0.3) is 5.52 Å². The molecule has 0 aromatic carbocycles. The first-order valence-electron chi connectivity index (χ1n) is 5.47. The maximum atomic E-state index is 8.89. The highest BCUT2D eigenvalue weighted by Gasteiger charge is 2.25. The zero-order valence-corrected chi connectivity index (χ0v) is 8.85. The van der Waals surface area contributed by atoms with Gasteiger partial charge in [-0.1, -0.05) is 6.42 Å². The molecule has 16 heavy (non-hydrogen) atoms. The molecular formula is C12H12N4. The minimum atomic E-state index is 0.534. The zero-order valence-electron chi connectivity index (χ0n) is 8.85. The highest BCUT2D eigenvalue weighted by Crippen LogP contribution is 2.41. The molecule has 80 valence electrons. The largest absolute Gasteiger partial charge is 0.382 e. The normalized spacial score (nSPS) is 15.9. The molecule has 0 bridgehead atoms. The fraction of sp³-hybridized carbons (Fsp3) is 0.333. The van der Waals surface area contributed by atoms with E-state index in [2.05, 4.69) is 11.2 Å². The molecule has 0 saturated heterocycles. The summed E-state index contributed by atoms with van der Waals surface area (Å²) >= 11 is 0. The second kappa shape index (κ2) is 3.24. The van der Waals surface area contributed by atoms with E-state index in [0.29, 0.717) is 17.3 Å².